The number of hydrogen-bond acceptors (Lipinski definition) is 4. The van der Waals surface area contributed by atoms with E-state index in [-0.39, 0.29) is 30.1 Å². The van der Waals surface area contributed by atoms with E-state index in [9.17, 15) is 14.4 Å². The number of ether oxygens (including phenoxy) is 1. The van der Waals surface area contributed by atoms with Crippen molar-refractivity contribution in [1.29, 1.82) is 0 Å². The minimum atomic E-state index is -0.291. The van der Waals surface area contributed by atoms with Gasteiger partial charge in [-0.2, -0.15) is 0 Å². The van der Waals surface area contributed by atoms with Crippen LogP contribution in [0.1, 0.15) is 46.0 Å². The molecule has 140 valence electrons. The summed E-state index contributed by atoms with van der Waals surface area (Å²) in [5.74, 6) is -0.0263. The molecule has 0 aliphatic heterocycles. The van der Waals surface area contributed by atoms with Crippen LogP contribution in [0.2, 0.25) is 0 Å². The van der Waals surface area contributed by atoms with Gasteiger partial charge in [0.25, 0.3) is 5.91 Å². The zero-order chi connectivity index (χ0) is 19.4. The third-order valence-electron chi connectivity index (χ3n) is 4.40. The molecule has 1 aliphatic rings. The van der Waals surface area contributed by atoms with E-state index in [0.29, 0.717) is 28.1 Å². The van der Waals surface area contributed by atoms with E-state index in [1.54, 1.807) is 42.5 Å². The predicted octanol–water partition coefficient (Wildman–Crippen LogP) is 2.97. The van der Waals surface area contributed by atoms with Gasteiger partial charge in [-0.3, -0.25) is 14.4 Å². The summed E-state index contributed by atoms with van der Waals surface area (Å²) in [6.07, 6.45) is 2.02. The number of rotatable bonds is 7. The van der Waals surface area contributed by atoms with Gasteiger partial charge in [0.2, 0.25) is 5.91 Å². The summed E-state index contributed by atoms with van der Waals surface area (Å²) in [5, 5.41) is 5.72. The number of nitrogens with one attached hydrogen (secondary N) is 2. The highest BCUT2D eigenvalue weighted by molar-refractivity contribution is 6.04. The molecule has 6 nitrogen and oxygen atoms in total. The van der Waals surface area contributed by atoms with E-state index in [1.165, 1.54) is 14.0 Å². The molecular formula is C21H22N2O4. The van der Waals surface area contributed by atoms with Crippen molar-refractivity contribution < 1.29 is 19.1 Å². The van der Waals surface area contributed by atoms with Crippen molar-refractivity contribution in [3.8, 4) is 5.75 Å². The summed E-state index contributed by atoms with van der Waals surface area (Å²) in [5.41, 5.74) is 2.02. The number of anilines is 1. The predicted molar refractivity (Wildman–Crippen MR) is 102 cm³/mol. The van der Waals surface area contributed by atoms with E-state index in [4.69, 9.17) is 4.74 Å². The Morgan fingerprint density at radius 3 is 2.52 bits per heavy atom. The average molecular weight is 366 g/mol. The van der Waals surface area contributed by atoms with Crippen LogP contribution in [0.3, 0.4) is 0 Å². The summed E-state index contributed by atoms with van der Waals surface area (Å²) in [4.78, 5) is 36.5. The fraction of sp³-hybridized carbons (Fsp3) is 0.286. The molecule has 1 aliphatic carbocycles. The molecule has 2 N–H and O–H groups in total. The first-order chi connectivity index (χ1) is 13.0. The number of para-hydroxylation sites is 1. The molecule has 0 saturated heterocycles. The topological polar surface area (TPSA) is 84.5 Å². The Bertz CT molecular complexity index is 888. The van der Waals surface area contributed by atoms with Crippen LogP contribution in [-0.2, 0) is 11.2 Å². The highest BCUT2D eigenvalue weighted by Crippen LogP contribution is 2.23. The molecule has 0 unspecified atom stereocenters. The van der Waals surface area contributed by atoms with Gasteiger partial charge in [0.1, 0.15) is 5.75 Å². The molecule has 0 aromatic heterocycles. The van der Waals surface area contributed by atoms with Gasteiger partial charge in [-0.1, -0.05) is 12.1 Å². The lowest BCUT2D eigenvalue weighted by atomic mass is 10.0. The summed E-state index contributed by atoms with van der Waals surface area (Å²) in [6, 6.07) is 12.1. The maximum atomic E-state index is 12.6. The second-order valence-electron chi connectivity index (χ2n) is 6.60. The van der Waals surface area contributed by atoms with Gasteiger partial charge in [0.15, 0.2) is 5.78 Å². The van der Waals surface area contributed by atoms with E-state index in [2.05, 4.69) is 10.6 Å². The Labute approximate surface area is 157 Å². The summed E-state index contributed by atoms with van der Waals surface area (Å²) >= 11 is 0. The number of hydrogen-bond donors (Lipinski definition) is 2. The first kappa shape index (κ1) is 18.6. The van der Waals surface area contributed by atoms with Gasteiger partial charge in [0, 0.05) is 17.2 Å². The van der Waals surface area contributed by atoms with Crippen LogP contribution in [0, 0.1) is 0 Å². The minimum absolute atomic E-state index is 0.0306. The first-order valence-electron chi connectivity index (χ1n) is 8.85. The Hall–Kier alpha value is -3.15. The number of carbonyl (C=O) groups is 3. The van der Waals surface area contributed by atoms with E-state index >= 15 is 0 Å². The van der Waals surface area contributed by atoms with Crippen molar-refractivity contribution in [1.82, 2.24) is 5.32 Å². The second-order valence-corrected chi connectivity index (χ2v) is 6.60. The van der Waals surface area contributed by atoms with Crippen LogP contribution in [0.25, 0.3) is 0 Å². The van der Waals surface area contributed by atoms with E-state index < -0.39 is 0 Å². The lowest BCUT2D eigenvalue weighted by Crippen LogP contribution is -2.27. The Kier molecular flexibility index (Phi) is 5.54. The van der Waals surface area contributed by atoms with E-state index in [0.717, 1.165) is 12.8 Å². The van der Waals surface area contributed by atoms with Gasteiger partial charge in [-0.05, 0) is 50.1 Å². The number of amides is 2. The van der Waals surface area contributed by atoms with E-state index in [1.807, 2.05) is 0 Å². The number of carbonyl (C=O) groups excluding carboxylic acids is 3. The Morgan fingerprint density at radius 2 is 1.85 bits per heavy atom. The molecule has 6 heteroatoms. The molecule has 2 amide bonds. The molecule has 2 aromatic rings. The highest BCUT2D eigenvalue weighted by Gasteiger charge is 2.25. The van der Waals surface area contributed by atoms with Crippen LogP contribution < -0.4 is 15.4 Å². The van der Waals surface area contributed by atoms with Crippen LogP contribution >= 0.6 is 0 Å². The van der Waals surface area contributed by atoms with Crippen LogP contribution in [0.15, 0.2) is 42.5 Å². The lowest BCUT2D eigenvalue weighted by molar-refractivity contribution is -0.115. The van der Waals surface area contributed by atoms with Gasteiger partial charge < -0.3 is 15.4 Å². The van der Waals surface area contributed by atoms with Gasteiger partial charge >= 0.3 is 0 Å². The molecule has 0 atom stereocenters. The van der Waals surface area contributed by atoms with Crippen molar-refractivity contribution in [2.75, 3.05) is 12.4 Å². The van der Waals surface area contributed by atoms with Crippen molar-refractivity contribution in [3.05, 3.63) is 59.2 Å². The molecule has 0 spiro atoms. The average Bonchev–Trinajstić information content (AvgIpc) is 3.45. The monoisotopic (exact) mass is 366 g/mol. The van der Waals surface area contributed by atoms with Crippen molar-refractivity contribution in [3.63, 3.8) is 0 Å². The van der Waals surface area contributed by atoms with Gasteiger partial charge in [-0.25, -0.2) is 0 Å². The zero-order valence-corrected chi connectivity index (χ0v) is 15.4. The molecule has 3 rings (SSSR count). The largest absolute Gasteiger partial charge is 0.496 e. The number of ketones is 1. The molecule has 0 bridgehead atoms. The maximum Gasteiger partial charge on any atom is 0.253 e. The Morgan fingerprint density at radius 1 is 1.11 bits per heavy atom. The van der Waals surface area contributed by atoms with Gasteiger partial charge in [-0.15, -0.1) is 0 Å². The summed E-state index contributed by atoms with van der Waals surface area (Å²) < 4.78 is 5.29. The normalized spacial score (nSPS) is 13.0. The maximum absolute atomic E-state index is 12.6. The zero-order valence-electron chi connectivity index (χ0n) is 15.4. The Balaban J connectivity index is 1.76. The molecule has 27 heavy (non-hydrogen) atoms. The van der Waals surface area contributed by atoms with Crippen LogP contribution in [-0.4, -0.2) is 30.7 Å². The minimum Gasteiger partial charge on any atom is -0.496 e. The standard InChI is InChI=1S/C21H22N2O4/c1-13(24)14-7-10-19(27-2)15(11-14)12-20(25)23-18-6-4-3-5-17(18)21(26)22-16-8-9-16/h3-7,10-11,16H,8-9,12H2,1-2H3,(H,22,26)(H,23,25). The van der Waals surface area contributed by atoms with Crippen molar-refractivity contribution >= 4 is 23.3 Å². The second kappa shape index (κ2) is 8.03. The van der Waals surface area contributed by atoms with Crippen LogP contribution in [0.4, 0.5) is 5.69 Å². The van der Waals surface area contributed by atoms with Crippen molar-refractivity contribution in [2.45, 2.75) is 32.2 Å². The number of Topliss-reactive ketones (excluding diaryl/α,β-unsaturated/α-hetero) is 1. The first-order valence-corrected chi connectivity index (χ1v) is 8.85. The third-order valence-corrected chi connectivity index (χ3v) is 4.40. The number of methoxy groups -OCH3 is 1. The fourth-order valence-corrected chi connectivity index (χ4v) is 2.78. The third kappa shape index (κ3) is 4.73. The molecule has 0 radical (unpaired) electrons. The molecular weight excluding hydrogens is 344 g/mol. The van der Waals surface area contributed by atoms with Crippen molar-refractivity contribution in [2.24, 2.45) is 0 Å². The lowest BCUT2D eigenvalue weighted by Gasteiger charge is -2.13. The SMILES string of the molecule is COc1ccc(C(C)=O)cc1CC(=O)Nc1ccccc1C(=O)NC1CC1. The highest BCUT2D eigenvalue weighted by atomic mass is 16.5. The number of benzene rings is 2. The smallest absolute Gasteiger partial charge is 0.253 e. The fourth-order valence-electron chi connectivity index (χ4n) is 2.78. The van der Waals surface area contributed by atoms with Gasteiger partial charge in [0.05, 0.1) is 24.8 Å². The molecule has 2 aromatic carbocycles. The summed E-state index contributed by atoms with van der Waals surface area (Å²) in [7, 11) is 1.52. The van der Waals surface area contributed by atoms with Crippen LogP contribution in [0.5, 0.6) is 5.75 Å². The molecule has 1 saturated carbocycles. The summed E-state index contributed by atoms with van der Waals surface area (Å²) in [6.45, 7) is 1.47. The molecule has 0 heterocycles. The quantitative estimate of drug-likeness (QED) is 0.738. The molecule has 1 fully saturated rings.